The lowest BCUT2D eigenvalue weighted by Crippen LogP contribution is -2.30. The van der Waals surface area contributed by atoms with E-state index in [-0.39, 0.29) is 6.03 Å². The number of nitrogens with zero attached hydrogens (tertiary/aromatic N) is 5. The molecular formula is C16H20N8O. The predicted octanol–water partition coefficient (Wildman–Crippen LogP) is 2.38. The highest BCUT2D eigenvalue weighted by Gasteiger charge is 2.18. The van der Waals surface area contributed by atoms with Gasteiger partial charge in [-0.3, -0.25) is 0 Å². The van der Waals surface area contributed by atoms with Gasteiger partial charge in [0.15, 0.2) is 5.82 Å². The van der Waals surface area contributed by atoms with Crippen molar-refractivity contribution in [1.82, 2.24) is 35.5 Å². The summed E-state index contributed by atoms with van der Waals surface area (Å²) in [6.45, 7) is 0.342. The summed E-state index contributed by atoms with van der Waals surface area (Å²) >= 11 is 0. The fourth-order valence-electron chi connectivity index (χ4n) is 3.31. The number of amides is 2. The Labute approximate surface area is 144 Å². The van der Waals surface area contributed by atoms with Gasteiger partial charge in [-0.25, -0.2) is 4.79 Å². The molecule has 1 fully saturated rings. The van der Waals surface area contributed by atoms with Gasteiger partial charge in [0.1, 0.15) is 17.4 Å². The summed E-state index contributed by atoms with van der Waals surface area (Å²) in [5.41, 5.74) is 2.12. The number of fused-ring (bicyclic) bond motifs is 1. The van der Waals surface area contributed by atoms with Crippen LogP contribution in [0.1, 0.15) is 44.0 Å². The molecule has 0 bridgehead atoms. The number of aromatic nitrogens is 6. The van der Waals surface area contributed by atoms with Crippen molar-refractivity contribution in [3.8, 4) is 0 Å². The Kier molecular flexibility index (Phi) is 4.28. The largest absolute Gasteiger partial charge is 0.331 e. The molecule has 1 aliphatic rings. The molecule has 1 aliphatic carbocycles. The second-order valence-electron chi connectivity index (χ2n) is 6.28. The first-order chi connectivity index (χ1) is 12.3. The molecule has 9 heteroatoms. The second-order valence-corrected chi connectivity index (χ2v) is 6.28. The van der Waals surface area contributed by atoms with Gasteiger partial charge in [0.25, 0.3) is 0 Å². The molecule has 2 heterocycles. The van der Waals surface area contributed by atoms with Crippen molar-refractivity contribution in [2.24, 2.45) is 0 Å². The summed E-state index contributed by atoms with van der Waals surface area (Å²) in [6.07, 6.45) is 7.83. The van der Waals surface area contributed by atoms with Gasteiger partial charge in [0.2, 0.25) is 0 Å². The molecule has 2 aromatic heterocycles. The summed E-state index contributed by atoms with van der Waals surface area (Å²) in [7, 11) is 0. The van der Waals surface area contributed by atoms with E-state index < -0.39 is 0 Å². The molecule has 1 aromatic carbocycles. The Morgan fingerprint density at radius 1 is 1.20 bits per heavy atom. The number of carbonyl (C=O) groups excluding carboxylic acids is 1. The summed E-state index contributed by atoms with van der Waals surface area (Å²) in [6, 6.07) is 5.51. The van der Waals surface area contributed by atoms with Crippen LogP contribution < -0.4 is 10.6 Å². The minimum Gasteiger partial charge on any atom is -0.331 e. The lowest BCUT2D eigenvalue weighted by atomic mass is 9.95. The molecule has 1 saturated carbocycles. The maximum atomic E-state index is 12.1. The van der Waals surface area contributed by atoms with E-state index in [1.165, 1.54) is 19.3 Å². The molecular weight excluding hydrogens is 320 g/mol. The van der Waals surface area contributed by atoms with Crippen molar-refractivity contribution in [2.75, 3.05) is 5.32 Å². The van der Waals surface area contributed by atoms with Crippen LogP contribution >= 0.6 is 0 Å². The number of urea groups is 1. The Hall–Kier alpha value is -2.97. The van der Waals surface area contributed by atoms with Crippen molar-refractivity contribution in [3.05, 3.63) is 30.4 Å². The molecule has 0 atom stereocenters. The smallest absolute Gasteiger partial charge is 0.319 e. The van der Waals surface area contributed by atoms with Crippen LogP contribution in [0.2, 0.25) is 0 Å². The number of nitrogens with one attached hydrogen (secondary N) is 3. The van der Waals surface area contributed by atoms with E-state index in [4.69, 9.17) is 0 Å². The maximum absolute atomic E-state index is 12.1. The van der Waals surface area contributed by atoms with Crippen molar-refractivity contribution >= 4 is 22.8 Å². The molecule has 9 nitrogen and oxygen atoms in total. The summed E-state index contributed by atoms with van der Waals surface area (Å²) < 4.78 is 2.10. The van der Waals surface area contributed by atoms with Crippen LogP contribution in [-0.4, -0.2) is 36.2 Å². The van der Waals surface area contributed by atoms with Gasteiger partial charge in [-0.15, -0.1) is 10.2 Å². The molecule has 3 N–H and O–H groups in total. The van der Waals surface area contributed by atoms with Crippen molar-refractivity contribution in [2.45, 2.75) is 44.7 Å². The van der Waals surface area contributed by atoms with Crippen molar-refractivity contribution in [1.29, 1.82) is 0 Å². The van der Waals surface area contributed by atoms with Gasteiger partial charge in [0.05, 0.1) is 6.54 Å². The van der Waals surface area contributed by atoms with Crippen molar-refractivity contribution < 1.29 is 4.79 Å². The highest BCUT2D eigenvalue weighted by atomic mass is 16.2. The highest BCUT2D eigenvalue weighted by Crippen LogP contribution is 2.28. The van der Waals surface area contributed by atoms with Gasteiger partial charge < -0.3 is 15.2 Å². The molecule has 130 valence electrons. The minimum absolute atomic E-state index is 0.291. The number of aromatic amines is 1. The van der Waals surface area contributed by atoms with Crippen LogP contribution in [0.25, 0.3) is 11.0 Å². The average molecular weight is 340 g/mol. The monoisotopic (exact) mass is 340 g/mol. The van der Waals surface area contributed by atoms with E-state index in [1.807, 2.05) is 0 Å². The zero-order chi connectivity index (χ0) is 17.1. The normalized spacial score (nSPS) is 15.4. The number of H-pyrrole nitrogens is 1. The Morgan fingerprint density at radius 2 is 2.04 bits per heavy atom. The van der Waals surface area contributed by atoms with E-state index in [0.717, 1.165) is 24.2 Å². The number of hydrogen-bond donors (Lipinski definition) is 3. The maximum Gasteiger partial charge on any atom is 0.319 e. The van der Waals surface area contributed by atoms with Crippen LogP contribution in [0.15, 0.2) is 24.5 Å². The first-order valence-electron chi connectivity index (χ1n) is 8.53. The van der Waals surface area contributed by atoms with Gasteiger partial charge in [-0.05, 0) is 31.0 Å². The molecule has 0 saturated heterocycles. The number of rotatable bonds is 4. The molecule has 0 radical (unpaired) electrons. The van der Waals surface area contributed by atoms with Crippen LogP contribution in [0.4, 0.5) is 10.5 Å². The quantitative estimate of drug-likeness (QED) is 0.675. The molecule has 2 amide bonds. The Morgan fingerprint density at radius 3 is 2.92 bits per heavy atom. The van der Waals surface area contributed by atoms with E-state index >= 15 is 0 Å². The molecule has 3 aromatic rings. The van der Waals surface area contributed by atoms with Gasteiger partial charge in [-0.1, -0.05) is 19.3 Å². The van der Waals surface area contributed by atoms with Gasteiger partial charge >= 0.3 is 6.03 Å². The standard InChI is InChI=1S/C16H20N8O/c25-16(19-11-6-7-13-14(8-11)21-23-20-13)17-9-15-22-18-10-24(15)12-4-2-1-3-5-12/h6-8,10,12H,1-5,9H2,(H2,17,19,25)(H,20,21,23). The Balaban J connectivity index is 1.36. The third-order valence-electron chi connectivity index (χ3n) is 4.60. The number of anilines is 1. The van der Waals surface area contributed by atoms with E-state index in [2.05, 4.69) is 40.8 Å². The third-order valence-corrected chi connectivity index (χ3v) is 4.60. The molecule has 0 aliphatic heterocycles. The van der Waals surface area contributed by atoms with Crippen LogP contribution in [0.5, 0.6) is 0 Å². The third kappa shape index (κ3) is 3.44. The van der Waals surface area contributed by atoms with Crippen LogP contribution in [0, 0.1) is 0 Å². The second kappa shape index (κ2) is 6.88. The van der Waals surface area contributed by atoms with Crippen LogP contribution in [-0.2, 0) is 6.54 Å². The SMILES string of the molecule is O=C(NCc1nncn1C1CCCCC1)Nc1ccc2n[nH]nc2c1. The van der Waals surface area contributed by atoms with E-state index in [0.29, 0.717) is 23.8 Å². The zero-order valence-corrected chi connectivity index (χ0v) is 13.8. The van der Waals surface area contributed by atoms with E-state index in [1.54, 1.807) is 24.5 Å². The number of benzene rings is 1. The first kappa shape index (κ1) is 15.6. The van der Waals surface area contributed by atoms with Crippen LogP contribution in [0.3, 0.4) is 0 Å². The molecule has 25 heavy (non-hydrogen) atoms. The lowest BCUT2D eigenvalue weighted by molar-refractivity contribution is 0.251. The number of carbonyl (C=O) groups is 1. The van der Waals surface area contributed by atoms with Gasteiger partial charge in [0, 0.05) is 11.7 Å². The minimum atomic E-state index is -0.291. The first-order valence-corrected chi connectivity index (χ1v) is 8.53. The summed E-state index contributed by atoms with van der Waals surface area (Å²) in [4.78, 5) is 12.1. The van der Waals surface area contributed by atoms with Gasteiger partial charge in [-0.2, -0.15) is 15.4 Å². The number of hydrogen-bond acceptors (Lipinski definition) is 5. The fourth-order valence-corrected chi connectivity index (χ4v) is 3.31. The van der Waals surface area contributed by atoms with E-state index in [9.17, 15) is 4.79 Å². The zero-order valence-electron chi connectivity index (χ0n) is 13.8. The molecule has 4 rings (SSSR count). The molecule has 0 spiro atoms. The fraction of sp³-hybridized carbons (Fsp3) is 0.438. The Bertz CT molecular complexity index is 864. The highest BCUT2D eigenvalue weighted by molar-refractivity contribution is 5.91. The van der Waals surface area contributed by atoms with Crippen molar-refractivity contribution in [3.63, 3.8) is 0 Å². The summed E-state index contributed by atoms with van der Waals surface area (Å²) in [5.74, 6) is 0.786. The topological polar surface area (TPSA) is 113 Å². The average Bonchev–Trinajstić information content (AvgIpc) is 3.29. The lowest BCUT2D eigenvalue weighted by Gasteiger charge is -2.24. The summed E-state index contributed by atoms with van der Waals surface area (Å²) in [5, 5.41) is 24.3. The predicted molar refractivity (Wildman–Crippen MR) is 91.9 cm³/mol. The molecule has 0 unspecified atom stereocenters.